The normalized spacial score (nSPS) is 10.7. The molecular weight excluding hydrogens is 580 g/mol. The van der Waals surface area contributed by atoms with Gasteiger partial charge in [0.05, 0.1) is 22.3 Å². The van der Waals surface area contributed by atoms with Crippen molar-refractivity contribution in [2.45, 2.75) is 70.6 Å². The number of rotatable bonds is 22. The van der Waals surface area contributed by atoms with Crippen molar-refractivity contribution in [3.63, 3.8) is 0 Å². The van der Waals surface area contributed by atoms with Gasteiger partial charge in [0.25, 0.3) is 23.6 Å². The molecule has 2 rings (SSSR count). The van der Waals surface area contributed by atoms with Gasteiger partial charge in [-0.05, 0) is 69.2 Å². The van der Waals surface area contributed by atoms with Gasteiger partial charge in [0.1, 0.15) is 11.5 Å². The Morgan fingerprint density at radius 3 is 0.933 bits per heavy atom. The number of aliphatic hydroxyl groups excluding tert-OH is 2. The predicted octanol–water partition coefficient (Wildman–Crippen LogP) is 2.99. The van der Waals surface area contributed by atoms with Crippen LogP contribution in [0.1, 0.15) is 112 Å². The molecule has 248 valence electrons. The molecule has 0 unspecified atom stereocenters. The number of unbranched alkanes of at least 4 members (excludes halogenated alkanes) is 8. The number of aromatic hydroxyl groups is 2. The zero-order valence-corrected chi connectivity index (χ0v) is 25.9. The van der Waals surface area contributed by atoms with Gasteiger partial charge in [-0.3, -0.25) is 19.2 Å². The Hall–Kier alpha value is -4.16. The van der Waals surface area contributed by atoms with Crippen molar-refractivity contribution < 1.29 is 39.6 Å². The van der Waals surface area contributed by atoms with Crippen LogP contribution in [0.5, 0.6) is 11.5 Å². The summed E-state index contributed by atoms with van der Waals surface area (Å²) in [6.07, 6.45) is 8.33. The number of nitrogens with one attached hydrogen (secondary N) is 4. The molecule has 2 aromatic carbocycles. The van der Waals surface area contributed by atoms with E-state index in [1.54, 1.807) is 0 Å². The average molecular weight is 629 g/mol. The molecule has 0 spiro atoms. The summed E-state index contributed by atoms with van der Waals surface area (Å²) in [6, 6.07) is 8.88. The van der Waals surface area contributed by atoms with Gasteiger partial charge in [0, 0.05) is 39.4 Å². The first-order valence-electron chi connectivity index (χ1n) is 15.8. The summed E-state index contributed by atoms with van der Waals surface area (Å²) >= 11 is 0. The third kappa shape index (κ3) is 13.2. The van der Waals surface area contributed by atoms with Crippen molar-refractivity contribution in [2.75, 3.05) is 39.4 Å². The molecule has 0 heterocycles. The number of carbonyl (C=O) groups excluding carboxylic acids is 4. The van der Waals surface area contributed by atoms with Crippen LogP contribution in [0.15, 0.2) is 36.4 Å². The SMILES string of the molecule is O=C(NCCCCCCO)c1cccc(C(=O)NCCCCCNC(=O)c2cccc(C(=O)NCCCCCCO)c2O)c1O. The Bertz CT molecular complexity index is 1140. The van der Waals surface area contributed by atoms with Gasteiger partial charge in [0.15, 0.2) is 0 Å². The molecule has 4 amide bonds. The first-order valence-corrected chi connectivity index (χ1v) is 15.8. The van der Waals surface area contributed by atoms with Crippen LogP contribution in [0.2, 0.25) is 0 Å². The fourth-order valence-corrected chi connectivity index (χ4v) is 4.62. The van der Waals surface area contributed by atoms with Crippen LogP contribution in [0.25, 0.3) is 0 Å². The van der Waals surface area contributed by atoms with Crippen molar-refractivity contribution in [2.24, 2.45) is 0 Å². The highest BCUT2D eigenvalue weighted by Gasteiger charge is 2.19. The maximum atomic E-state index is 12.6. The highest BCUT2D eigenvalue weighted by Crippen LogP contribution is 2.23. The lowest BCUT2D eigenvalue weighted by Gasteiger charge is -2.11. The molecule has 0 atom stereocenters. The molecule has 0 aliphatic heterocycles. The van der Waals surface area contributed by atoms with Crippen molar-refractivity contribution in [1.82, 2.24) is 21.3 Å². The lowest BCUT2D eigenvalue weighted by Crippen LogP contribution is -2.28. The monoisotopic (exact) mass is 628 g/mol. The zero-order chi connectivity index (χ0) is 32.9. The molecule has 0 bridgehead atoms. The number of amides is 4. The second-order valence-electron chi connectivity index (χ2n) is 10.8. The maximum absolute atomic E-state index is 12.6. The number of hydrogen-bond acceptors (Lipinski definition) is 8. The molecule has 12 nitrogen and oxygen atoms in total. The topological polar surface area (TPSA) is 197 Å². The molecule has 0 radical (unpaired) electrons. The summed E-state index contributed by atoms with van der Waals surface area (Å²) in [5.41, 5.74) is 0.0609. The molecule has 0 fully saturated rings. The van der Waals surface area contributed by atoms with E-state index in [0.29, 0.717) is 45.4 Å². The number of phenolic OH excluding ortho intramolecular Hbond substituents is 2. The van der Waals surface area contributed by atoms with Crippen LogP contribution >= 0.6 is 0 Å². The van der Waals surface area contributed by atoms with Gasteiger partial charge in [-0.25, -0.2) is 0 Å². The standard InChI is InChI=1S/C33H48N4O8/c38-22-10-3-1-6-18-34-30(42)24-14-12-16-26(28(24)40)32(44)36-20-8-5-9-21-37-33(45)27-17-13-15-25(29(27)41)31(43)35-19-7-2-4-11-23-39/h12-17,38-41H,1-11,18-23H2,(H,34,42)(H,35,43)(H,36,44)(H,37,45). The second kappa shape index (κ2) is 21.5. The van der Waals surface area contributed by atoms with E-state index in [9.17, 15) is 29.4 Å². The molecule has 12 heteroatoms. The van der Waals surface area contributed by atoms with E-state index < -0.39 is 23.6 Å². The Kier molecular flexibility index (Phi) is 17.7. The van der Waals surface area contributed by atoms with Gasteiger partial charge in [-0.2, -0.15) is 0 Å². The van der Waals surface area contributed by atoms with E-state index in [2.05, 4.69) is 21.3 Å². The van der Waals surface area contributed by atoms with Crippen LogP contribution in [0.4, 0.5) is 0 Å². The van der Waals surface area contributed by atoms with Gasteiger partial charge < -0.3 is 41.7 Å². The molecule has 0 aromatic heterocycles. The third-order valence-corrected chi connectivity index (χ3v) is 7.22. The smallest absolute Gasteiger partial charge is 0.255 e. The van der Waals surface area contributed by atoms with E-state index in [1.165, 1.54) is 36.4 Å². The van der Waals surface area contributed by atoms with Crippen LogP contribution in [-0.2, 0) is 0 Å². The number of hydrogen-bond donors (Lipinski definition) is 8. The van der Waals surface area contributed by atoms with Gasteiger partial charge in [0.2, 0.25) is 0 Å². The number of carbonyl (C=O) groups is 4. The van der Waals surface area contributed by atoms with E-state index in [-0.39, 0.29) is 47.0 Å². The van der Waals surface area contributed by atoms with Crippen LogP contribution in [0, 0.1) is 0 Å². The molecule has 0 saturated heterocycles. The lowest BCUT2D eigenvalue weighted by atomic mass is 10.1. The zero-order valence-electron chi connectivity index (χ0n) is 25.9. The lowest BCUT2D eigenvalue weighted by molar-refractivity contribution is 0.0932. The highest BCUT2D eigenvalue weighted by molar-refractivity contribution is 6.04. The van der Waals surface area contributed by atoms with E-state index >= 15 is 0 Å². The molecule has 0 aliphatic carbocycles. The maximum Gasteiger partial charge on any atom is 0.255 e. The Balaban J connectivity index is 1.70. The van der Waals surface area contributed by atoms with E-state index in [1.807, 2.05) is 0 Å². The van der Waals surface area contributed by atoms with Crippen LogP contribution in [0.3, 0.4) is 0 Å². The minimum Gasteiger partial charge on any atom is -0.506 e. The van der Waals surface area contributed by atoms with Crippen LogP contribution in [-0.4, -0.2) is 83.4 Å². The first kappa shape index (κ1) is 37.0. The Morgan fingerprint density at radius 2 is 0.667 bits per heavy atom. The van der Waals surface area contributed by atoms with Gasteiger partial charge in [-0.1, -0.05) is 37.8 Å². The van der Waals surface area contributed by atoms with Gasteiger partial charge >= 0.3 is 0 Å². The molecule has 0 aliphatic rings. The van der Waals surface area contributed by atoms with Crippen molar-refractivity contribution in [3.05, 3.63) is 58.7 Å². The minimum atomic E-state index is -0.499. The van der Waals surface area contributed by atoms with E-state index in [4.69, 9.17) is 10.2 Å². The Morgan fingerprint density at radius 1 is 0.422 bits per heavy atom. The van der Waals surface area contributed by atoms with Crippen molar-refractivity contribution >= 4 is 23.6 Å². The summed E-state index contributed by atoms with van der Waals surface area (Å²) in [4.78, 5) is 50.1. The average Bonchev–Trinajstić information content (AvgIpc) is 3.03. The number of benzene rings is 2. The van der Waals surface area contributed by atoms with E-state index in [0.717, 1.165) is 51.4 Å². The van der Waals surface area contributed by atoms with Crippen LogP contribution < -0.4 is 21.3 Å². The van der Waals surface area contributed by atoms with Gasteiger partial charge in [-0.15, -0.1) is 0 Å². The number of para-hydroxylation sites is 2. The molecule has 2 aromatic rings. The minimum absolute atomic E-state index is 0.00614. The van der Waals surface area contributed by atoms with Crippen molar-refractivity contribution in [1.29, 1.82) is 0 Å². The highest BCUT2D eigenvalue weighted by atomic mass is 16.3. The van der Waals surface area contributed by atoms with Crippen molar-refractivity contribution in [3.8, 4) is 11.5 Å². The number of aliphatic hydroxyl groups is 2. The summed E-state index contributed by atoms with van der Waals surface area (Å²) in [7, 11) is 0. The second-order valence-corrected chi connectivity index (χ2v) is 10.8. The summed E-state index contributed by atoms with van der Waals surface area (Å²) in [5, 5.41) is 49.6. The first-order chi connectivity index (χ1) is 21.8. The molecular formula is C33H48N4O8. The fraction of sp³-hybridized carbons (Fsp3) is 0.515. The Labute approximate surface area is 264 Å². The molecule has 0 saturated carbocycles. The quantitative estimate of drug-likeness (QED) is 0.0911. The summed E-state index contributed by atoms with van der Waals surface area (Å²) in [5.74, 6) is -2.68. The molecule has 45 heavy (non-hydrogen) atoms. The largest absolute Gasteiger partial charge is 0.506 e. The number of phenols is 2. The third-order valence-electron chi connectivity index (χ3n) is 7.22. The predicted molar refractivity (Wildman–Crippen MR) is 171 cm³/mol. The molecule has 8 N–H and O–H groups in total. The summed E-state index contributed by atoms with van der Waals surface area (Å²) < 4.78 is 0. The fourth-order valence-electron chi connectivity index (χ4n) is 4.62. The summed E-state index contributed by atoms with van der Waals surface area (Å²) in [6.45, 7) is 1.81.